The Bertz CT molecular complexity index is 1760. The number of rotatable bonds is 23. The van der Waals surface area contributed by atoms with Gasteiger partial charge < -0.3 is 58.9 Å². The smallest absolute Gasteiger partial charge is 0.243 e. The van der Waals surface area contributed by atoms with Gasteiger partial charge in [0, 0.05) is 12.8 Å². The first-order valence-corrected chi connectivity index (χ1v) is 19.3. The number of carbonyl (C=O) groups excluding carboxylic acids is 8. The Morgan fingerprint density at radius 1 is 0.593 bits per heavy atom. The minimum Gasteiger partial charge on any atom is -0.508 e. The summed E-state index contributed by atoms with van der Waals surface area (Å²) < 4.78 is 0. The second kappa shape index (κ2) is 24.0. The highest BCUT2D eigenvalue weighted by Crippen LogP contribution is 2.12. The maximum atomic E-state index is 13.5. The van der Waals surface area contributed by atoms with Crippen LogP contribution in [0, 0.1) is 11.8 Å². The Kier molecular flexibility index (Phi) is 19.9. The number of amides is 8. The Morgan fingerprint density at radius 2 is 1.08 bits per heavy atom. The molecule has 19 heteroatoms. The second-order valence-electron chi connectivity index (χ2n) is 15.1. The quantitative estimate of drug-likeness (QED) is 0.0569. The number of primary amides is 1. The van der Waals surface area contributed by atoms with E-state index in [9.17, 15) is 48.6 Å². The molecular weight excluding hydrogens is 766 g/mol. The molecule has 0 fully saturated rings. The summed E-state index contributed by atoms with van der Waals surface area (Å²) >= 11 is 0. The zero-order chi connectivity index (χ0) is 44.4. The molecule has 0 saturated heterocycles. The van der Waals surface area contributed by atoms with Crippen molar-refractivity contribution in [2.24, 2.45) is 23.3 Å². The Morgan fingerprint density at radius 3 is 1.56 bits per heavy atom. The molecule has 0 aliphatic heterocycles. The summed E-state index contributed by atoms with van der Waals surface area (Å²) in [5, 5.41) is 37.0. The third-order valence-corrected chi connectivity index (χ3v) is 9.00. The molecular formula is C40H59N9O10. The van der Waals surface area contributed by atoms with Gasteiger partial charge in [0.25, 0.3) is 0 Å². The average molecular weight is 826 g/mol. The lowest BCUT2D eigenvalue weighted by Gasteiger charge is -2.26. The van der Waals surface area contributed by atoms with E-state index in [0.29, 0.717) is 17.5 Å². The molecule has 0 bridgehead atoms. The van der Waals surface area contributed by atoms with E-state index in [0.717, 1.165) is 0 Å². The van der Waals surface area contributed by atoms with Crippen LogP contribution in [0.2, 0.25) is 0 Å². The van der Waals surface area contributed by atoms with Crippen molar-refractivity contribution in [3.05, 3.63) is 65.7 Å². The highest BCUT2D eigenvalue weighted by atomic mass is 16.3. The molecule has 7 unspecified atom stereocenters. The number of phenols is 1. The molecule has 324 valence electrons. The van der Waals surface area contributed by atoms with Gasteiger partial charge in [-0.3, -0.25) is 38.4 Å². The van der Waals surface area contributed by atoms with E-state index in [2.05, 4.69) is 37.2 Å². The minimum absolute atomic E-state index is 0.0170. The van der Waals surface area contributed by atoms with Crippen LogP contribution in [0.3, 0.4) is 0 Å². The fourth-order valence-corrected chi connectivity index (χ4v) is 5.59. The molecule has 0 heterocycles. The molecule has 0 aliphatic rings. The molecule has 0 aromatic heterocycles. The Hall–Kier alpha value is -6.08. The van der Waals surface area contributed by atoms with Crippen molar-refractivity contribution in [3.63, 3.8) is 0 Å². The van der Waals surface area contributed by atoms with Crippen LogP contribution in [-0.2, 0) is 51.2 Å². The Labute approximate surface area is 343 Å². The van der Waals surface area contributed by atoms with Crippen molar-refractivity contribution < 1.29 is 48.6 Å². The monoisotopic (exact) mass is 825 g/mol. The van der Waals surface area contributed by atoms with Gasteiger partial charge in [-0.05, 0) is 55.4 Å². The van der Waals surface area contributed by atoms with Crippen LogP contribution in [0.4, 0.5) is 0 Å². The highest BCUT2D eigenvalue weighted by molar-refractivity contribution is 5.96. The van der Waals surface area contributed by atoms with Crippen molar-refractivity contribution in [1.82, 2.24) is 37.2 Å². The van der Waals surface area contributed by atoms with Crippen LogP contribution >= 0.6 is 0 Å². The van der Waals surface area contributed by atoms with Crippen LogP contribution < -0.4 is 48.7 Å². The number of aromatic hydroxyl groups is 1. The number of aliphatic hydroxyl groups excluding tert-OH is 1. The van der Waals surface area contributed by atoms with E-state index in [1.165, 1.54) is 38.1 Å². The van der Waals surface area contributed by atoms with Crippen molar-refractivity contribution in [2.75, 3.05) is 13.1 Å². The van der Waals surface area contributed by atoms with Crippen molar-refractivity contribution in [2.45, 2.75) is 103 Å². The predicted molar refractivity (Wildman–Crippen MR) is 216 cm³/mol. The highest BCUT2D eigenvalue weighted by Gasteiger charge is 2.32. The summed E-state index contributed by atoms with van der Waals surface area (Å²) in [6, 6.07) is 7.46. The van der Waals surface area contributed by atoms with Gasteiger partial charge in [0.1, 0.15) is 42.0 Å². The molecule has 19 nitrogen and oxygen atoms in total. The molecule has 0 aliphatic carbocycles. The molecule has 2 aromatic carbocycles. The van der Waals surface area contributed by atoms with Crippen molar-refractivity contribution in [3.8, 4) is 5.75 Å². The number of carbonyl (C=O) groups is 8. The molecule has 2 aromatic rings. The zero-order valence-corrected chi connectivity index (χ0v) is 34.2. The van der Waals surface area contributed by atoms with E-state index in [4.69, 9.17) is 11.5 Å². The van der Waals surface area contributed by atoms with E-state index >= 15 is 0 Å². The summed E-state index contributed by atoms with van der Waals surface area (Å²) in [5.74, 6) is -6.40. The molecule has 13 N–H and O–H groups in total. The molecule has 0 radical (unpaired) electrons. The van der Waals surface area contributed by atoms with Gasteiger partial charge in [-0.2, -0.15) is 0 Å². The molecule has 0 saturated carbocycles. The summed E-state index contributed by atoms with van der Waals surface area (Å²) in [7, 11) is 0. The SMILES string of the molecule is CC(C)CC(NC(=O)CNC(=O)C(Cc1ccccc1)NC(=O)CNC(=O)C(Cc1ccc(O)cc1)NC(=O)C(C)NC(=O)C(NC(=O)C(N)C(C)O)C(C)C)C(N)=O. The normalized spacial score (nSPS) is 14.6. The average Bonchev–Trinajstić information content (AvgIpc) is 3.17. The number of hydrogen-bond donors (Lipinski definition) is 11. The number of hydrogen-bond acceptors (Lipinski definition) is 11. The summed E-state index contributed by atoms with van der Waals surface area (Å²) in [6.07, 6.45) is -0.970. The number of phenolic OH excluding ortho intramolecular Hbond substituents is 1. The molecule has 59 heavy (non-hydrogen) atoms. The third-order valence-electron chi connectivity index (χ3n) is 9.00. The van der Waals surface area contributed by atoms with E-state index < -0.39 is 109 Å². The van der Waals surface area contributed by atoms with Gasteiger partial charge in [-0.1, -0.05) is 70.2 Å². The van der Waals surface area contributed by atoms with Crippen LogP contribution in [0.25, 0.3) is 0 Å². The van der Waals surface area contributed by atoms with Crippen LogP contribution in [0.1, 0.15) is 59.1 Å². The van der Waals surface area contributed by atoms with E-state index in [-0.39, 0.29) is 24.5 Å². The number of nitrogens with two attached hydrogens (primary N) is 2. The maximum absolute atomic E-state index is 13.5. The second-order valence-corrected chi connectivity index (χ2v) is 15.1. The number of benzene rings is 2. The van der Waals surface area contributed by atoms with E-state index in [1.54, 1.807) is 44.2 Å². The van der Waals surface area contributed by atoms with Crippen molar-refractivity contribution in [1.29, 1.82) is 0 Å². The first kappa shape index (κ1) is 49.1. The first-order chi connectivity index (χ1) is 27.7. The Balaban J connectivity index is 2.16. The fraction of sp³-hybridized carbons (Fsp3) is 0.500. The van der Waals surface area contributed by atoms with Crippen molar-refractivity contribution >= 4 is 47.3 Å². The minimum atomic E-state index is -1.30. The first-order valence-electron chi connectivity index (χ1n) is 19.3. The van der Waals surface area contributed by atoms with E-state index in [1.807, 2.05) is 13.8 Å². The fourth-order valence-electron chi connectivity index (χ4n) is 5.59. The van der Waals surface area contributed by atoms with Crippen LogP contribution in [-0.4, -0.2) is 113 Å². The molecule has 2 rings (SSSR count). The van der Waals surface area contributed by atoms with Gasteiger partial charge in [0.2, 0.25) is 47.3 Å². The lowest BCUT2D eigenvalue weighted by Crippen LogP contribution is -2.59. The number of aliphatic hydroxyl groups is 1. The van der Waals surface area contributed by atoms with Crippen LogP contribution in [0.5, 0.6) is 5.75 Å². The molecule has 8 amide bonds. The van der Waals surface area contributed by atoms with Gasteiger partial charge in [-0.25, -0.2) is 0 Å². The third kappa shape index (κ3) is 17.5. The number of nitrogens with one attached hydrogen (secondary N) is 7. The largest absolute Gasteiger partial charge is 0.508 e. The lowest BCUT2D eigenvalue weighted by molar-refractivity contribution is -0.135. The standard InChI is InChI=1S/C40H59N9O10/c1-21(2)16-28(35(42)54)46-31(52)19-43-37(56)29(17-25-10-8-7-9-11-25)47-32(53)20-44-38(57)30(18-26-12-14-27(51)15-13-26)48-36(55)23(5)45-40(59)34(22(3)4)49-39(58)33(41)24(6)50/h7-15,21-24,28-30,33-34,50-51H,16-20,41H2,1-6H3,(H2,42,54)(H,43,56)(H,44,57)(H,45,59)(H,46,52)(H,47,53)(H,48,55)(H,49,58). The van der Waals surface area contributed by atoms with Crippen LogP contribution in [0.15, 0.2) is 54.6 Å². The topological polar surface area (TPSA) is 313 Å². The summed E-state index contributed by atoms with van der Waals surface area (Å²) in [6.45, 7) is 8.56. The van der Waals surface area contributed by atoms with Gasteiger partial charge >= 0.3 is 0 Å². The van der Waals surface area contributed by atoms with Gasteiger partial charge in [0.15, 0.2) is 0 Å². The summed E-state index contributed by atoms with van der Waals surface area (Å²) in [4.78, 5) is 103. The van der Waals surface area contributed by atoms with Gasteiger partial charge in [-0.15, -0.1) is 0 Å². The molecule has 0 spiro atoms. The predicted octanol–water partition coefficient (Wildman–Crippen LogP) is -2.25. The lowest BCUT2D eigenvalue weighted by atomic mass is 10.0. The zero-order valence-electron chi connectivity index (χ0n) is 34.2. The van der Waals surface area contributed by atoms with Gasteiger partial charge in [0.05, 0.1) is 19.2 Å². The summed E-state index contributed by atoms with van der Waals surface area (Å²) in [5.41, 5.74) is 12.3. The maximum Gasteiger partial charge on any atom is 0.243 e. The molecule has 7 atom stereocenters.